The van der Waals surface area contributed by atoms with E-state index < -0.39 is 0 Å². The molecule has 2 aromatic carbocycles. The monoisotopic (exact) mass is 378 g/mol. The molecule has 0 atom stereocenters. The van der Waals surface area contributed by atoms with Gasteiger partial charge in [0.1, 0.15) is 17.2 Å². The minimum absolute atomic E-state index is 0. The van der Waals surface area contributed by atoms with Crippen LogP contribution < -0.4 is 14.4 Å². The Morgan fingerprint density at radius 3 is 2.35 bits per heavy atom. The van der Waals surface area contributed by atoms with Crippen molar-refractivity contribution in [3.8, 4) is 17.2 Å². The third kappa shape index (κ3) is 5.44. The number of phenols is 1. The molecule has 0 saturated carbocycles. The van der Waals surface area contributed by atoms with Crippen molar-refractivity contribution < 1.29 is 14.6 Å². The van der Waals surface area contributed by atoms with E-state index in [9.17, 15) is 5.11 Å². The first kappa shape index (κ1) is 20.2. The number of hydrogen-bond donors (Lipinski definition) is 1. The highest BCUT2D eigenvalue weighted by molar-refractivity contribution is 5.85. The van der Waals surface area contributed by atoms with Crippen LogP contribution in [0.2, 0.25) is 0 Å². The van der Waals surface area contributed by atoms with Crippen molar-refractivity contribution in [3.05, 3.63) is 48.5 Å². The van der Waals surface area contributed by atoms with Gasteiger partial charge in [0.15, 0.2) is 0 Å². The first-order valence-corrected chi connectivity index (χ1v) is 8.78. The van der Waals surface area contributed by atoms with Gasteiger partial charge in [-0.3, -0.25) is 4.90 Å². The minimum Gasteiger partial charge on any atom is -0.508 e. The molecule has 0 aromatic heterocycles. The SMILES string of the molecule is COc1ccccc1N1CCN(CCCOc2ccc(O)cc2)CC1.Cl. The number of anilines is 1. The van der Waals surface area contributed by atoms with E-state index >= 15 is 0 Å². The Bertz CT molecular complexity index is 658. The second kappa shape index (κ2) is 10.1. The highest BCUT2D eigenvalue weighted by atomic mass is 35.5. The summed E-state index contributed by atoms with van der Waals surface area (Å²) in [6.45, 7) is 5.86. The summed E-state index contributed by atoms with van der Waals surface area (Å²) in [5.74, 6) is 2.01. The molecule has 3 rings (SSSR count). The summed E-state index contributed by atoms with van der Waals surface area (Å²) in [6, 6.07) is 15.1. The zero-order valence-electron chi connectivity index (χ0n) is 15.1. The average Bonchev–Trinajstić information content (AvgIpc) is 2.67. The maximum Gasteiger partial charge on any atom is 0.142 e. The fourth-order valence-electron chi connectivity index (χ4n) is 3.12. The van der Waals surface area contributed by atoms with E-state index in [0.717, 1.165) is 50.6 Å². The summed E-state index contributed by atoms with van der Waals surface area (Å²) < 4.78 is 11.2. The number of aromatic hydroxyl groups is 1. The van der Waals surface area contributed by atoms with Gasteiger partial charge in [0.2, 0.25) is 0 Å². The number of halogens is 1. The van der Waals surface area contributed by atoms with Gasteiger partial charge in [0.05, 0.1) is 19.4 Å². The number of piperazine rings is 1. The number of phenolic OH excluding ortho intramolecular Hbond substituents is 1. The maximum atomic E-state index is 9.26. The molecule has 1 N–H and O–H groups in total. The maximum absolute atomic E-state index is 9.26. The molecule has 2 aromatic rings. The zero-order valence-corrected chi connectivity index (χ0v) is 16.0. The fourth-order valence-corrected chi connectivity index (χ4v) is 3.12. The van der Waals surface area contributed by atoms with Crippen molar-refractivity contribution in [1.29, 1.82) is 0 Å². The van der Waals surface area contributed by atoms with E-state index in [4.69, 9.17) is 9.47 Å². The Balaban J connectivity index is 0.00000243. The predicted octanol–water partition coefficient (Wildman–Crippen LogP) is 3.41. The minimum atomic E-state index is 0. The molecule has 0 amide bonds. The highest BCUT2D eigenvalue weighted by Crippen LogP contribution is 2.28. The van der Waals surface area contributed by atoms with Crippen molar-refractivity contribution in [2.45, 2.75) is 6.42 Å². The number of hydrogen-bond acceptors (Lipinski definition) is 5. The van der Waals surface area contributed by atoms with Crippen LogP contribution in [-0.2, 0) is 0 Å². The number of para-hydroxylation sites is 2. The smallest absolute Gasteiger partial charge is 0.142 e. The van der Waals surface area contributed by atoms with Gasteiger partial charge in [0, 0.05) is 32.7 Å². The van der Waals surface area contributed by atoms with Crippen molar-refractivity contribution in [3.63, 3.8) is 0 Å². The number of benzene rings is 2. The summed E-state index contributed by atoms with van der Waals surface area (Å²) in [7, 11) is 1.73. The third-order valence-electron chi connectivity index (χ3n) is 4.52. The van der Waals surface area contributed by atoms with Crippen LogP contribution in [0.15, 0.2) is 48.5 Å². The van der Waals surface area contributed by atoms with Gasteiger partial charge in [-0.25, -0.2) is 0 Å². The third-order valence-corrected chi connectivity index (χ3v) is 4.52. The number of nitrogens with zero attached hydrogens (tertiary/aromatic N) is 2. The van der Waals surface area contributed by atoms with Gasteiger partial charge in [-0.15, -0.1) is 12.4 Å². The van der Waals surface area contributed by atoms with Crippen LogP contribution in [0.25, 0.3) is 0 Å². The van der Waals surface area contributed by atoms with Crippen molar-refractivity contribution in [2.24, 2.45) is 0 Å². The van der Waals surface area contributed by atoms with Crippen molar-refractivity contribution in [2.75, 3.05) is 51.3 Å². The zero-order chi connectivity index (χ0) is 17.5. The number of ether oxygens (including phenoxy) is 2. The van der Waals surface area contributed by atoms with Gasteiger partial charge in [-0.1, -0.05) is 12.1 Å². The van der Waals surface area contributed by atoms with Gasteiger partial charge < -0.3 is 19.5 Å². The lowest BCUT2D eigenvalue weighted by molar-refractivity contribution is 0.224. The standard InChI is InChI=1S/C20H26N2O3.ClH/c1-24-20-6-3-2-5-19(20)22-14-12-21(13-15-22)11-4-16-25-18-9-7-17(23)8-10-18;/h2-3,5-10,23H,4,11-16H2,1H3;1H. The van der Waals surface area contributed by atoms with Gasteiger partial charge in [0.25, 0.3) is 0 Å². The molecule has 1 saturated heterocycles. The molecule has 0 unspecified atom stereocenters. The van der Waals surface area contributed by atoms with E-state index in [0.29, 0.717) is 6.61 Å². The molecule has 1 fully saturated rings. The van der Waals surface area contributed by atoms with Crippen LogP contribution in [0, 0.1) is 0 Å². The van der Waals surface area contributed by atoms with Crippen LogP contribution in [-0.4, -0.2) is 56.4 Å². The summed E-state index contributed by atoms with van der Waals surface area (Å²) >= 11 is 0. The topological polar surface area (TPSA) is 45.2 Å². The van der Waals surface area contributed by atoms with Crippen LogP contribution in [0.3, 0.4) is 0 Å². The molecular weight excluding hydrogens is 352 g/mol. The Hall–Kier alpha value is -2.11. The predicted molar refractivity (Wildman–Crippen MR) is 107 cm³/mol. The van der Waals surface area contributed by atoms with E-state index in [-0.39, 0.29) is 18.2 Å². The number of rotatable bonds is 7. The molecule has 0 aliphatic carbocycles. The quantitative estimate of drug-likeness (QED) is 0.748. The van der Waals surface area contributed by atoms with Crippen molar-refractivity contribution in [1.82, 2.24) is 4.90 Å². The van der Waals surface area contributed by atoms with Gasteiger partial charge >= 0.3 is 0 Å². The van der Waals surface area contributed by atoms with E-state index in [1.54, 1.807) is 31.4 Å². The molecule has 0 radical (unpaired) electrons. The summed E-state index contributed by atoms with van der Waals surface area (Å²) in [6.07, 6.45) is 0.996. The van der Waals surface area contributed by atoms with Crippen LogP contribution in [0.5, 0.6) is 17.2 Å². The molecule has 5 nitrogen and oxygen atoms in total. The molecular formula is C20H27ClN2O3. The summed E-state index contributed by atoms with van der Waals surface area (Å²) in [5.41, 5.74) is 1.18. The van der Waals surface area contributed by atoms with Crippen LogP contribution in [0.4, 0.5) is 5.69 Å². The second-order valence-electron chi connectivity index (χ2n) is 6.20. The Labute approximate surface area is 161 Å². The van der Waals surface area contributed by atoms with E-state index in [1.165, 1.54) is 5.69 Å². The molecule has 1 heterocycles. The van der Waals surface area contributed by atoms with Crippen molar-refractivity contribution >= 4 is 18.1 Å². The molecule has 0 bridgehead atoms. The number of methoxy groups -OCH3 is 1. The van der Waals surface area contributed by atoms with Crippen LogP contribution in [0.1, 0.15) is 6.42 Å². The van der Waals surface area contributed by atoms with E-state index in [2.05, 4.69) is 21.9 Å². The van der Waals surface area contributed by atoms with Crippen LogP contribution >= 0.6 is 12.4 Å². The lowest BCUT2D eigenvalue weighted by atomic mass is 10.2. The van der Waals surface area contributed by atoms with Gasteiger partial charge in [-0.2, -0.15) is 0 Å². The first-order valence-electron chi connectivity index (χ1n) is 8.78. The first-order chi connectivity index (χ1) is 12.3. The average molecular weight is 379 g/mol. The Morgan fingerprint density at radius 1 is 0.962 bits per heavy atom. The molecule has 0 spiro atoms. The molecule has 1 aliphatic rings. The Kier molecular flexibility index (Phi) is 7.88. The largest absolute Gasteiger partial charge is 0.508 e. The lowest BCUT2D eigenvalue weighted by Crippen LogP contribution is -2.46. The molecule has 1 aliphatic heterocycles. The fraction of sp³-hybridized carbons (Fsp3) is 0.400. The lowest BCUT2D eigenvalue weighted by Gasteiger charge is -2.36. The molecule has 26 heavy (non-hydrogen) atoms. The van der Waals surface area contributed by atoms with E-state index in [1.807, 2.05) is 12.1 Å². The highest BCUT2D eigenvalue weighted by Gasteiger charge is 2.19. The Morgan fingerprint density at radius 2 is 1.65 bits per heavy atom. The normalized spacial score (nSPS) is 14.6. The summed E-state index contributed by atoms with van der Waals surface area (Å²) in [5, 5.41) is 9.26. The molecule has 6 heteroatoms. The second-order valence-corrected chi connectivity index (χ2v) is 6.20. The molecule has 142 valence electrons. The summed E-state index contributed by atoms with van der Waals surface area (Å²) in [4.78, 5) is 4.87. The van der Waals surface area contributed by atoms with Gasteiger partial charge in [-0.05, 0) is 42.8 Å².